The van der Waals surface area contributed by atoms with Crippen molar-refractivity contribution in [1.82, 2.24) is 4.72 Å². The average Bonchev–Trinajstić information content (AvgIpc) is 2.13. The zero-order valence-corrected chi connectivity index (χ0v) is 9.25. The molecule has 0 bridgehead atoms. The molecule has 0 aliphatic heterocycles. The molecule has 1 amide bonds. The first-order valence-electron chi connectivity index (χ1n) is 4.22. The Morgan fingerprint density at radius 1 is 1.28 bits per heavy atom. The van der Waals surface area contributed by atoms with E-state index in [1.165, 1.54) is 0 Å². The van der Waals surface area contributed by atoms with Crippen LogP contribution < -0.4 is 9.46 Å². The van der Waals surface area contributed by atoms with Crippen LogP contribution in [0, 0.1) is 0 Å². The number of ether oxygens (including phenoxy) is 1. The van der Waals surface area contributed by atoms with Crippen LogP contribution in [0.2, 0.25) is 0 Å². The summed E-state index contributed by atoms with van der Waals surface area (Å²) in [5.74, 6) is -1.02. The summed E-state index contributed by atoms with van der Waals surface area (Å²) in [7, 11) is -4.64. The lowest BCUT2D eigenvalue weighted by molar-refractivity contribution is -0.275. The van der Waals surface area contributed by atoms with Crippen LogP contribution >= 0.6 is 0 Å². The largest absolute Gasteiger partial charge is 0.573 e. The number of amides is 1. The predicted molar refractivity (Wildman–Crippen MR) is 51.5 cm³/mol. The monoisotopic (exact) mass is 285 g/mol. The van der Waals surface area contributed by atoms with Crippen molar-refractivity contribution in [3.8, 4) is 5.75 Å². The zero-order valence-electron chi connectivity index (χ0n) is 8.43. The number of hydrogen-bond acceptors (Lipinski definition) is 4. The summed E-state index contributed by atoms with van der Waals surface area (Å²) in [6, 6.07) is 3.77. The number of halogens is 3. The molecule has 6 nitrogen and oxygen atoms in total. The first-order valence-corrected chi connectivity index (χ1v) is 5.71. The van der Waals surface area contributed by atoms with Crippen molar-refractivity contribution in [1.29, 1.82) is 0 Å². The molecule has 0 heterocycles. The fourth-order valence-electron chi connectivity index (χ4n) is 1.05. The highest BCUT2D eigenvalue weighted by atomic mass is 32.2. The molecule has 0 saturated heterocycles. The van der Waals surface area contributed by atoms with Gasteiger partial charge in [-0.1, -0.05) is 12.1 Å². The average molecular weight is 285 g/mol. The van der Waals surface area contributed by atoms with Crippen molar-refractivity contribution in [3.63, 3.8) is 0 Å². The highest BCUT2D eigenvalue weighted by molar-refractivity contribution is 7.90. The molecule has 0 aliphatic rings. The molecule has 0 aliphatic carbocycles. The fraction of sp³-hybridized carbons (Fsp3) is 0.125. The number of hydrogen-bond donors (Lipinski definition) is 2. The summed E-state index contributed by atoms with van der Waals surface area (Å²) in [6.07, 6.45) is -7.01. The molecule has 1 rings (SSSR count). The molecule has 0 saturated carbocycles. The molecule has 2 N–H and O–H groups in total. The molecule has 10 heteroatoms. The van der Waals surface area contributed by atoms with Gasteiger partial charge in [-0.15, -0.1) is 13.2 Å². The number of alkyl halides is 3. The van der Waals surface area contributed by atoms with Gasteiger partial charge in [-0.05, 0) is 12.1 Å². The molecule has 1 aromatic rings. The van der Waals surface area contributed by atoms with Gasteiger partial charge >= 0.3 is 12.5 Å². The molecule has 0 fully saturated rings. The normalized spacial score (nSPS) is 11.9. The third-order valence-electron chi connectivity index (χ3n) is 1.59. The maximum absolute atomic E-state index is 12.0. The van der Waals surface area contributed by atoms with Crippen LogP contribution in [0.25, 0.3) is 0 Å². The van der Waals surface area contributed by atoms with Crippen molar-refractivity contribution in [3.05, 3.63) is 24.3 Å². The summed E-state index contributed by atoms with van der Waals surface area (Å²) < 4.78 is 63.5. The second-order valence-corrected chi connectivity index (χ2v) is 4.56. The number of carbonyl (C=O) groups is 1. The van der Waals surface area contributed by atoms with E-state index in [0.717, 1.165) is 29.0 Å². The molecule has 0 radical (unpaired) electrons. The smallest absolute Gasteiger partial charge is 0.464 e. The van der Waals surface area contributed by atoms with E-state index in [0.29, 0.717) is 0 Å². The highest BCUT2D eigenvalue weighted by Crippen LogP contribution is 2.28. The Bertz CT molecular complexity index is 554. The Labute approximate surface area is 99.0 Å². The van der Waals surface area contributed by atoms with Crippen molar-refractivity contribution >= 4 is 16.1 Å². The van der Waals surface area contributed by atoms with Crippen molar-refractivity contribution in [2.75, 3.05) is 0 Å². The van der Waals surface area contributed by atoms with Gasteiger partial charge in [0.1, 0.15) is 10.6 Å². The number of nitrogens with one attached hydrogen (secondary N) is 1. The second kappa shape index (κ2) is 4.72. The zero-order chi connectivity index (χ0) is 14.0. The Kier molecular flexibility index (Phi) is 3.70. The van der Waals surface area contributed by atoms with Crippen LogP contribution in [-0.2, 0) is 10.0 Å². The summed E-state index contributed by atoms with van der Waals surface area (Å²) in [4.78, 5) is 9.31. The van der Waals surface area contributed by atoms with Gasteiger partial charge < -0.3 is 9.84 Å². The lowest BCUT2D eigenvalue weighted by Crippen LogP contribution is -2.30. The fourth-order valence-corrected chi connectivity index (χ4v) is 2.02. The number of benzene rings is 1. The van der Waals surface area contributed by atoms with E-state index < -0.39 is 33.1 Å². The molecule has 18 heavy (non-hydrogen) atoms. The second-order valence-electron chi connectivity index (χ2n) is 2.91. The topological polar surface area (TPSA) is 92.7 Å². The molecule has 0 aromatic heterocycles. The molecule has 0 atom stereocenters. The van der Waals surface area contributed by atoms with E-state index in [-0.39, 0.29) is 0 Å². The summed E-state index contributed by atoms with van der Waals surface area (Å²) in [6.45, 7) is 0. The lowest BCUT2D eigenvalue weighted by Gasteiger charge is -2.12. The van der Waals surface area contributed by atoms with Crippen LogP contribution in [0.4, 0.5) is 18.0 Å². The van der Waals surface area contributed by atoms with Crippen LogP contribution in [0.5, 0.6) is 5.75 Å². The number of carboxylic acid groups (broad SMARTS) is 1. The maximum atomic E-state index is 12.0. The van der Waals surface area contributed by atoms with Crippen LogP contribution in [0.15, 0.2) is 29.2 Å². The first kappa shape index (κ1) is 14.1. The van der Waals surface area contributed by atoms with Gasteiger partial charge in [-0.2, -0.15) is 0 Å². The third-order valence-corrected chi connectivity index (χ3v) is 2.95. The van der Waals surface area contributed by atoms with E-state index in [4.69, 9.17) is 5.11 Å². The number of sulfonamides is 1. The van der Waals surface area contributed by atoms with Crippen molar-refractivity contribution in [2.45, 2.75) is 11.3 Å². The minimum Gasteiger partial charge on any atom is -0.464 e. The van der Waals surface area contributed by atoms with E-state index in [1.54, 1.807) is 0 Å². The molecule has 0 unspecified atom stereocenters. The molecular formula is C8H6F3NO5S. The first-order chi connectivity index (χ1) is 8.12. The van der Waals surface area contributed by atoms with Crippen LogP contribution in [0.1, 0.15) is 0 Å². The van der Waals surface area contributed by atoms with Gasteiger partial charge in [-0.3, -0.25) is 0 Å². The van der Waals surface area contributed by atoms with E-state index in [1.807, 2.05) is 0 Å². The molecular weight excluding hydrogens is 279 g/mol. The Hall–Kier alpha value is -1.97. The minimum absolute atomic E-state index is 0.754. The molecule has 1 aromatic carbocycles. The Balaban J connectivity index is 3.21. The van der Waals surface area contributed by atoms with E-state index >= 15 is 0 Å². The standard InChI is InChI=1S/C8H6F3NO5S/c9-8(10,11)17-5-3-1-2-4-6(5)18(15,16)12-7(13)14/h1-4,12H,(H,13,14). The van der Waals surface area contributed by atoms with Crippen LogP contribution in [-0.4, -0.2) is 26.0 Å². The van der Waals surface area contributed by atoms with Crippen molar-refractivity contribution < 1.29 is 36.2 Å². The minimum atomic E-state index is -5.09. The SMILES string of the molecule is O=C(O)NS(=O)(=O)c1ccccc1OC(F)(F)F. The lowest BCUT2D eigenvalue weighted by atomic mass is 10.3. The van der Waals surface area contributed by atoms with Gasteiger partial charge in [0, 0.05) is 0 Å². The quantitative estimate of drug-likeness (QED) is 0.878. The summed E-state index contributed by atoms with van der Waals surface area (Å²) >= 11 is 0. The van der Waals surface area contributed by atoms with Gasteiger partial charge in [0.2, 0.25) is 0 Å². The van der Waals surface area contributed by atoms with Gasteiger partial charge in [0.05, 0.1) is 0 Å². The summed E-state index contributed by atoms with van der Waals surface area (Å²) in [5.41, 5.74) is 0. The maximum Gasteiger partial charge on any atom is 0.573 e. The van der Waals surface area contributed by atoms with E-state index in [2.05, 4.69) is 4.74 Å². The van der Waals surface area contributed by atoms with E-state index in [9.17, 15) is 26.4 Å². The Morgan fingerprint density at radius 2 is 1.83 bits per heavy atom. The Morgan fingerprint density at radius 3 is 2.33 bits per heavy atom. The molecule has 0 spiro atoms. The van der Waals surface area contributed by atoms with Gasteiger partial charge in [0.25, 0.3) is 10.0 Å². The third kappa shape index (κ3) is 3.80. The summed E-state index contributed by atoms with van der Waals surface area (Å²) in [5, 5.41) is 8.28. The predicted octanol–water partition coefficient (Wildman–Crippen LogP) is 1.54. The number of rotatable bonds is 3. The van der Waals surface area contributed by atoms with Gasteiger partial charge in [-0.25, -0.2) is 17.9 Å². The van der Waals surface area contributed by atoms with Crippen LogP contribution in [0.3, 0.4) is 0 Å². The number of para-hydroxylation sites is 1. The van der Waals surface area contributed by atoms with Crippen molar-refractivity contribution in [2.24, 2.45) is 0 Å². The van der Waals surface area contributed by atoms with Gasteiger partial charge in [0.15, 0.2) is 0 Å². The molecule has 100 valence electrons. The highest BCUT2D eigenvalue weighted by Gasteiger charge is 2.34.